The Kier molecular flexibility index (Phi) is 5.71. The van der Waals surface area contributed by atoms with E-state index in [-0.39, 0.29) is 0 Å². The van der Waals surface area contributed by atoms with Gasteiger partial charge in [-0.2, -0.15) is 5.26 Å². The summed E-state index contributed by atoms with van der Waals surface area (Å²) in [5.74, 6) is 0. The summed E-state index contributed by atoms with van der Waals surface area (Å²) in [6.07, 6.45) is 1.67. The molecule has 4 rings (SSSR count). The van der Waals surface area contributed by atoms with E-state index in [1.54, 1.807) is 18.3 Å². The molecule has 5 heteroatoms. The molecule has 0 aliphatic carbocycles. The molecule has 3 aromatic carbocycles. The van der Waals surface area contributed by atoms with Crippen molar-refractivity contribution in [1.29, 1.82) is 5.26 Å². The maximum atomic E-state index is 9.53. The van der Waals surface area contributed by atoms with Crippen molar-refractivity contribution in [2.45, 2.75) is 0 Å². The molecular formula is C24H16ClN3S. The molecule has 0 spiro atoms. The van der Waals surface area contributed by atoms with Crippen LogP contribution in [0.1, 0.15) is 5.01 Å². The van der Waals surface area contributed by atoms with Crippen LogP contribution in [0.25, 0.3) is 28.0 Å². The van der Waals surface area contributed by atoms with E-state index in [9.17, 15) is 5.26 Å². The van der Waals surface area contributed by atoms with Gasteiger partial charge in [0.05, 0.1) is 5.69 Å². The van der Waals surface area contributed by atoms with Crippen molar-refractivity contribution >= 4 is 34.2 Å². The van der Waals surface area contributed by atoms with Crippen LogP contribution in [0, 0.1) is 11.3 Å². The van der Waals surface area contributed by atoms with E-state index in [1.165, 1.54) is 16.9 Å². The monoisotopic (exact) mass is 413 g/mol. The number of nitriles is 1. The van der Waals surface area contributed by atoms with Gasteiger partial charge in [0.25, 0.3) is 0 Å². The van der Waals surface area contributed by atoms with Gasteiger partial charge in [-0.05, 0) is 35.4 Å². The molecule has 0 aliphatic heterocycles. The number of nitrogens with zero attached hydrogens (tertiary/aromatic N) is 2. The van der Waals surface area contributed by atoms with E-state index < -0.39 is 0 Å². The van der Waals surface area contributed by atoms with E-state index in [2.05, 4.69) is 52.8 Å². The Labute approximate surface area is 178 Å². The first-order valence-electron chi connectivity index (χ1n) is 8.97. The first kappa shape index (κ1) is 18.9. The molecule has 0 bridgehead atoms. The lowest BCUT2D eigenvalue weighted by Gasteiger charge is -2.03. The van der Waals surface area contributed by atoms with Crippen molar-refractivity contribution in [3.63, 3.8) is 0 Å². The molecule has 0 amide bonds. The Morgan fingerprint density at radius 3 is 2.24 bits per heavy atom. The minimum Gasteiger partial charge on any atom is -0.360 e. The van der Waals surface area contributed by atoms with Crippen LogP contribution in [0.4, 0.5) is 5.69 Å². The van der Waals surface area contributed by atoms with Crippen LogP contribution < -0.4 is 5.32 Å². The second kappa shape index (κ2) is 8.74. The topological polar surface area (TPSA) is 48.7 Å². The maximum Gasteiger partial charge on any atom is 0.136 e. The van der Waals surface area contributed by atoms with Gasteiger partial charge < -0.3 is 5.32 Å². The number of rotatable bonds is 5. The summed E-state index contributed by atoms with van der Waals surface area (Å²) < 4.78 is 0. The van der Waals surface area contributed by atoms with Crippen molar-refractivity contribution in [3.05, 3.63) is 100 Å². The van der Waals surface area contributed by atoms with Gasteiger partial charge in [-0.1, -0.05) is 66.2 Å². The van der Waals surface area contributed by atoms with Crippen LogP contribution in [-0.2, 0) is 0 Å². The van der Waals surface area contributed by atoms with Crippen molar-refractivity contribution < 1.29 is 0 Å². The summed E-state index contributed by atoms with van der Waals surface area (Å²) in [6, 6.07) is 28.1. The van der Waals surface area contributed by atoms with Crippen molar-refractivity contribution in [3.8, 4) is 28.5 Å². The number of anilines is 1. The predicted molar refractivity (Wildman–Crippen MR) is 122 cm³/mol. The van der Waals surface area contributed by atoms with Crippen LogP contribution in [-0.4, -0.2) is 4.98 Å². The highest BCUT2D eigenvalue weighted by Crippen LogP contribution is 2.28. The number of aromatic nitrogens is 1. The standard InChI is InChI=1S/C24H16ClN3S/c25-21-10-12-22(13-11-21)27-15-20(14-26)24-28-23(16-29-24)19-8-6-18(7-9-19)17-4-2-1-3-5-17/h1-13,15-16,27H. The second-order valence-electron chi connectivity index (χ2n) is 6.30. The lowest BCUT2D eigenvalue weighted by molar-refractivity contribution is 1.36. The molecule has 0 saturated carbocycles. The van der Waals surface area contributed by atoms with Gasteiger partial charge >= 0.3 is 0 Å². The highest BCUT2D eigenvalue weighted by atomic mass is 35.5. The first-order chi connectivity index (χ1) is 14.2. The van der Waals surface area contributed by atoms with Crippen LogP contribution in [0.15, 0.2) is 90.4 Å². The highest BCUT2D eigenvalue weighted by Gasteiger charge is 2.09. The van der Waals surface area contributed by atoms with Crippen molar-refractivity contribution in [2.75, 3.05) is 5.32 Å². The quantitative estimate of drug-likeness (QED) is 0.355. The fraction of sp³-hybridized carbons (Fsp3) is 0. The Morgan fingerprint density at radius 2 is 1.55 bits per heavy atom. The average Bonchev–Trinajstić information content (AvgIpc) is 3.26. The van der Waals surface area contributed by atoms with Gasteiger partial charge in [-0.3, -0.25) is 0 Å². The number of hydrogen-bond donors (Lipinski definition) is 1. The molecule has 29 heavy (non-hydrogen) atoms. The van der Waals surface area contributed by atoms with Crippen LogP contribution >= 0.6 is 22.9 Å². The molecule has 0 unspecified atom stereocenters. The molecule has 1 heterocycles. The number of allylic oxidation sites excluding steroid dienone is 1. The van der Waals surface area contributed by atoms with Gasteiger partial charge in [-0.25, -0.2) is 4.98 Å². The van der Waals surface area contributed by atoms with Gasteiger partial charge in [0.15, 0.2) is 0 Å². The third-order valence-corrected chi connectivity index (χ3v) is 5.50. The largest absolute Gasteiger partial charge is 0.360 e. The number of thiazole rings is 1. The molecule has 1 aromatic heterocycles. The minimum absolute atomic E-state index is 0.483. The van der Waals surface area contributed by atoms with Gasteiger partial charge in [0.2, 0.25) is 0 Å². The number of benzene rings is 3. The van der Waals surface area contributed by atoms with E-state index in [4.69, 9.17) is 11.6 Å². The van der Waals surface area contributed by atoms with E-state index in [1.807, 2.05) is 35.7 Å². The SMILES string of the molecule is N#CC(=CNc1ccc(Cl)cc1)c1nc(-c2ccc(-c3ccccc3)cc2)cs1. The summed E-state index contributed by atoms with van der Waals surface area (Å²) in [6.45, 7) is 0. The molecule has 0 atom stereocenters. The van der Waals surface area contributed by atoms with Crippen molar-refractivity contribution in [1.82, 2.24) is 4.98 Å². The van der Waals surface area contributed by atoms with E-state index in [0.717, 1.165) is 22.5 Å². The molecule has 3 nitrogen and oxygen atoms in total. The van der Waals surface area contributed by atoms with Crippen LogP contribution in [0.5, 0.6) is 0 Å². The Hall–Kier alpha value is -3.39. The van der Waals surface area contributed by atoms with Gasteiger partial charge in [-0.15, -0.1) is 11.3 Å². The Bertz CT molecular complexity index is 1170. The summed E-state index contributed by atoms with van der Waals surface area (Å²) in [5.41, 5.74) is 5.57. The molecular weight excluding hydrogens is 398 g/mol. The predicted octanol–water partition coefficient (Wildman–Crippen LogP) is 7.11. The third-order valence-electron chi connectivity index (χ3n) is 4.37. The zero-order valence-electron chi connectivity index (χ0n) is 15.3. The summed E-state index contributed by atoms with van der Waals surface area (Å²) in [4.78, 5) is 4.65. The average molecular weight is 414 g/mol. The smallest absolute Gasteiger partial charge is 0.136 e. The van der Waals surface area contributed by atoms with Crippen molar-refractivity contribution in [2.24, 2.45) is 0 Å². The molecule has 140 valence electrons. The maximum absolute atomic E-state index is 9.53. The van der Waals surface area contributed by atoms with Gasteiger partial charge in [0, 0.05) is 27.9 Å². The molecule has 1 N–H and O–H groups in total. The number of nitrogens with one attached hydrogen (secondary N) is 1. The summed E-state index contributed by atoms with van der Waals surface area (Å²) in [7, 11) is 0. The highest BCUT2D eigenvalue weighted by molar-refractivity contribution is 7.11. The van der Waals surface area contributed by atoms with Crippen LogP contribution in [0.3, 0.4) is 0 Å². The van der Waals surface area contributed by atoms with Crippen LogP contribution in [0.2, 0.25) is 5.02 Å². The lowest BCUT2D eigenvalue weighted by atomic mass is 10.0. The zero-order chi connectivity index (χ0) is 20.1. The lowest BCUT2D eigenvalue weighted by Crippen LogP contribution is -1.90. The molecule has 0 saturated heterocycles. The van der Waals surface area contributed by atoms with E-state index in [0.29, 0.717) is 15.6 Å². The molecule has 0 aliphatic rings. The molecule has 0 fully saturated rings. The first-order valence-corrected chi connectivity index (χ1v) is 10.2. The van der Waals surface area contributed by atoms with E-state index >= 15 is 0 Å². The molecule has 4 aromatic rings. The summed E-state index contributed by atoms with van der Waals surface area (Å²) >= 11 is 7.35. The minimum atomic E-state index is 0.483. The number of halogens is 1. The number of hydrogen-bond acceptors (Lipinski definition) is 4. The fourth-order valence-electron chi connectivity index (χ4n) is 2.84. The Morgan fingerprint density at radius 1 is 0.897 bits per heavy atom. The third kappa shape index (κ3) is 4.55. The molecule has 0 radical (unpaired) electrons. The fourth-order valence-corrected chi connectivity index (χ4v) is 3.76. The Balaban J connectivity index is 1.53. The zero-order valence-corrected chi connectivity index (χ0v) is 16.9. The van der Waals surface area contributed by atoms with Gasteiger partial charge in [0.1, 0.15) is 16.6 Å². The normalized spacial score (nSPS) is 11.1. The summed E-state index contributed by atoms with van der Waals surface area (Å²) in [5, 5.41) is 16.0. The second-order valence-corrected chi connectivity index (χ2v) is 7.60.